The quantitative estimate of drug-likeness (QED) is 0.837. The average Bonchev–Trinajstić information content (AvgIpc) is 2.38. The summed E-state index contributed by atoms with van der Waals surface area (Å²) < 4.78 is 10.7. The number of pyridine rings is 1. The molecule has 16 heavy (non-hydrogen) atoms. The van der Waals surface area contributed by atoms with E-state index in [1.165, 1.54) is 12.8 Å². The topological polar surface area (TPSA) is 43.4 Å². The van der Waals surface area contributed by atoms with Crippen molar-refractivity contribution in [2.75, 3.05) is 26.8 Å². The van der Waals surface area contributed by atoms with Crippen LogP contribution in [0, 0.1) is 5.92 Å². The van der Waals surface area contributed by atoms with Gasteiger partial charge in [-0.25, -0.2) is 4.98 Å². The maximum absolute atomic E-state index is 5.70. The fraction of sp³-hybridized carbons (Fsp3) is 0.583. The van der Waals surface area contributed by atoms with Gasteiger partial charge in [-0.2, -0.15) is 0 Å². The second kappa shape index (κ2) is 5.70. The Balaban J connectivity index is 1.79. The number of rotatable bonds is 4. The Labute approximate surface area is 96.0 Å². The van der Waals surface area contributed by atoms with Gasteiger partial charge < -0.3 is 14.8 Å². The van der Waals surface area contributed by atoms with Crippen molar-refractivity contribution in [3.63, 3.8) is 0 Å². The Kier molecular flexibility index (Phi) is 3.99. The van der Waals surface area contributed by atoms with Crippen LogP contribution in [0.15, 0.2) is 18.3 Å². The normalized spacial score (nSPS) is 17.1. The maximum Gasteiger partial charge on any atom is 0.213 e. The molecule has 1 fully saturated rings. The lowest BCUT2D eigenvalue weighted by Crippen LogP contribution is -2.30. The number of hydrogen-bond donors (Lipinski definition) is 1. The molecule has 1 aromatic rings. The molecule has 0 bridgehead atoms. The number of nitrogens with zero attached hydrogens (tertiary/aromatic N) is 1. The molecule has 0 aliphatic carbocycles. The molecule has 0 spiro atoms. The van der Waals surface area contributed by atoms with Gasteiger partial charge in [0.15, 0.2) is 0 Å². The summed E-state index contributed by atoms with van der Waals surface area (Å²) in [5.74, 6) is 2.11. The molecule has 1 N–H and O–H groups in total. The van der Waals surface area contributed by atoms with Gasteiger partial charge >= 0.3 is 0 Å². The number of ether oxygens (including phenoxy) is 2. The first-order chi connectivity index (χ1) is 7.88. The smallest absolute Gasteiger partial charge is 0.213 e. The highest BCUT2D eigenvalue weighted by molar-refractivity contribution is 5.22. The van der Waals surface area contributed by atoms with Gasteiger partial charge in [-0.15, -0.1) is 0 Å². The van der Waals surface area contributed by atoms with Crippen molar-refractivity contribution in [3.05, 3.63) is 18.3 Å². The van der Waals surface area contributed by atoms with Crippen LogP contribution in [-0.4, -0.2) is 31.8 Å². The molecule has 2 rings (SSSR count). The predicted octanol–water partition coefficient (Wildman–Crippen LogP) is 1.47. The van der Waals surface area contributed by atoms with E-state index in [0.717, 1.165) is 25.4 Å². The van der Waals surface area contributed by atoms with Crippen LogP contribution in [0.25, 0.3) is 0 Å². The van der Waals surface area contributed by atoms with Gasteiger partial charge in [-0.1, -0.05) is 0 Å². The lowest BCUT2D eigenvalue weighted by molar-refractivity contribution is 0.214. The third-order valence-corrected chi connectivity index (χ3v) is 2.86. The molecular weight excluding hydrogens is 204 g/mol. The first kappa shape index (κ1) is 11.2. The number of aromatic nitrogens is 1. The summed E-state index contributed by atoms with van der Waals surface area (Å²) in [6.07, 6.45) is 4.10. The summed E-state index contributed by atoms with van der Waals surface area (Å²) in [5, 5.41) is 3.34. The summed E-state index contributed by atoms with van der Waals surface area (Å²) in [7, 11) is 1.61. The fourth-order valence-electron chi connectivity index (χ4n) is 1.84. The van der Waals surface area contributed by atoms with E-state index in [1.54, 1.807) is 13.3 Å². The Morgan fingerprint density at radius 1 is 1.38 bits per heavy atom. The molecule has 1 aliphatic rings. The first-order valence-electron chi connectivity index (χ1n) is 5.72. The second-order valence-corrected chi connectivity index (χ2v) is 4.04. The molecule has 1 aromatic heterocycles. The first-order valence-corrected chi connectivity index (χ1v) is 5.72. The van der Waals surface area contributed by atoms with Crippen LogP contribution in [0.2, 0.25) is 0 Å². The van der Waals surface area contributed by atoms with Gasteiger partial charge in [-0.3, -0.25) is 0 Å². The number of hydrogen-bond acceptors (Lipinski definition) is 4. The van der Waals surface area contributed by atoms with Gasteiger partial charge in [-0.05, 0) is 37.9 Å². The largest absolute Gasteiger partial charge is 0.492 e. The van der Waals surface area contributed by atoms with E-state index in [4.69, 9.17) is 9.47 Å². The van der Waals surface area contributed by atoms with Crippen LogP contribution in [0.1, 0.15) is 12.8 Å². The van der Waals surface area contributed by atoms with Crippen LogP contribution >= 0.6 is 0 Å². The molecule has 0 saturated carbocycles. The monoisotopic (exact) mass is 222 g/mol. The minimum Gasteiger partial charge on any atom is -0.492 e. The minimum atomic E-state index is 0.620. The van der Waals surface area contributed by atoms with Gasteiger partial charge in [0, 0.05) is 6.07 Å². The van der Waals surface area contributed by atoms with Crippen molar-refractivity contribution in [2.24, 2.45) is 5.92 Å². The van der Waals surface area contributed by atoms with Crippen LogP contribution in [-0.2, 0) is 0 Å². The summed E-state index contributed by atoms with van der Waals surface area (Å²) in [5.41, 5.74) is 0. The zero-order valence-electron chi connectivity index (χ0n) is 9.61. The Bertz CT molecular complexity index is 307. The van der Waals surface area contributed by atoms with Crippen molar-refractivity contribution in [3.8, 4) is 11.6 Å². The highest BCUT2D eigenvalue weighted by atomic mass is 16.5. The highest BCUT2D eigenvalue weighted by Crippen LogP contribution is 2.17. The molecule has 0 atom stereocenters. The molecule has 1 saturated heterocycles. The molecule has 1 aliphatic heterocycles. The standard InChI is InChI=1S/C12H18N2O2/c1-15-12-3-2-11(8-14-12)16-9-10-4-6-13-7-5-10/h2-3,8,10,13H,4-7,9H2,1H3. The number of piperidine rings is 1. The molecule has 0 aromatic carbocycles. The molecule has 4 nitrogen and oxygen atoms in total. The second-order valence-electron chi connectivity index (χ2n) is 4.04. The van der Waals surface area contributed by atoms with Crippen molar-refractivity contribution in [1.29, 1.82) is 0 Å². The van der Waals surface area contributed by atoms with Crippen molar-refractivity contribution >= 4 is 0 Å². The third-order valence-electron chi connectivity index (χ3n) is 2.86. The van der Waals surface area contributed by atoms with Crippen molar-refractivity contribution in [2.45, 2.75) is 12.8 Å². The minimum absolute atomic E-state index is 0.620. The van der Waals surface area contributed by atoms with Crippen molar-refractivity contribution < 1.29 is 9.47 Å². The molecule has 2 heterocycles. The molecule has 0 amide bonds. The fourth-order valence-corrected chi connectivity index (χ4v) is 1.84. The van der Waals surface area contributed by atoms with Gasteiger partial charge in [0.1, 0.15) is 5.75 Å². The Hall–Kier alpha value is -1.29. The Morgan fingerprint density at radius 2 is 2.19 bits per heavy atom. The highest BCUT2D eigenvalue weighted by Gasteiger charge is 2.13. The number of methoxy groups -OCH3 is 1. The zero-order chi connectivity index (χ0) is 11.2. The molecule has 4 heteroatoms. The van der Waals surface area contributed by atoms with E-state index < -0.39 is 0 Å². The zero-order valence-corrected chi connectivity index (χ0v) is 9.61. The van der Waals surface area contributed by atoms with Gasteiger partial charge in [0.05, 0.1) is 19.9 Å². The van der Waals surface area contributed by atoms with Crippen LogP contribution < -0.4 is 14.8 Å². The van der Waals surface area contributed by atoms with E-state index in [0.29, 0.717) is 11.8 Å². The molecule has 88 valence electrons. The van der Waals surface area contributed by atoms with Gasteiger partial charge in [0.2, 0.25) is 5.88 Å². The Morgan fingerprint density at radius 3 is 2.81 bits per heavy atom. The van der Waals surface area contributed by atoms with E-state index in [2.05, 4.69) is 10.3 Å². The lowest BCUT2D eigenvalue weighted by Gasteiger charge is -2.22. The molecule has 0 unspecified atom stereocenters. The predicted molar refractivity (Wildman–Crippen MR) is 61.9 cm³/mol. The van der Waals surface area contributed by atoms with Crippen molar-refractivity contribution in [1.82, 2.24) is 10.3 Å². The summed E-state index contributed by atoms with van der Waals surface area (Å²) in [6.45, 7) is 3.00. The molecular formula is C12H18N2O2. The van der Waals surface area contributed by atoms with E-state index in [9.17, 15) is 0 Å². The van der Waals surface area contributed by atoms with E-state index in [-0.39, 0.29) is 0 Å². The maximum atomic E-state index is 5.70. The van der Waals surface area contributed by atoms with Crippen LogP contribution in [0.3, 0.4) is 0 Å². The summed E-state index contributed by atoms with van der Waals surface area (Å²) in [6, 6.07) is 3.71. The lowest BCUT2D eigenvalue weighted by atomic mass is 9.99. The third kappa shape index (κ3) is 3.10. The SMILES string of the molecule is COc1ccc(OCC2CCNCC2)cn1. The van der Waals surface area contributed by atoms with Gasteiger partial charge in [0.25, 0.3) is 0 Å². The van der Waals surface area contributed by atoms with E-state index in [1.807, 2.05) is 12.1 Å². The summed E-state index contributed by atoms with van der Waals surface area (Å²) in [4.78, 5) is 4.10. The summed E-state index contributed by atoms with van der Waals surface area (Å²) >= 11 is 0. The van der Waals surface area contributed by atoms with Crippen LogP contribution in [0.4, 0.5) is 0 Å². The van der Waals surface area contributed by atoms with Crippen LogP contribution in [0.5, 0.6) is 11.6 Å². The van der Waals surface area contributed by atoms with E-state index >= 15 is 0 Å². The average molecular weight is 222 g/mol. The number of nitrogens with one attached hydrogen (secondary N) is 1. The molecule has 0 radical (unpaired) electrons.